The summed E-state index contributed by atoms with van der Waals surface area (Å²) in [5.41, 5.74) is 3.13. The number of benzene rings is 1. The zero-order chi connectivity index (χ0) is 17.2. The molecule has 0 fully saturated rings. The molecule has 0 atom stereocenters. The summed E-state index contributed by atoms with van der Waals surface area (Å²) in [6.07, 6.45) is 8.95. The summed E-state index contributed by atoms with van der Waals surface area (Å²) in [4.78, 5) is 9.06. The zero-order valence-corrected chi connectivity index (χ0v) is 14.7. The van der Waals surface area contributed by atoms with Crippen molar-refractivity contribution in [2.45, 2.75) is 19.8 Å². The Kier molecular flexibility index (Phi) is 4.07. The molecular weight excluding hydrogens is 332 g/mol. The fourth-order valence-corrected chi connectivity index (χ4v) is 3.17. The van der Waals surface area contributed by atoms with Gasteiger partial charge in [0.25, 0.3) is 0 Å². The maximum absolute atomic E-state index is 4.57. The molecule has 0 spiro atoms. The number of nitrogens with zero attached hydrogens (tertiary/aromatic N) is 6. The van der Waals surface area contributed by atoms with Crippen LogP contribution in [0, 0.1) is 0 Å². The topological polar surface area (TPSA) is 68.9 Å². The Morgan fingerprint density at radius 1 is 1.04 bits per heavy atom. The van der Waals surface area contributed by atoms with E-state index in [0.29, 0.717) is 17.4 Å². The highest BCUT2D eigenvalue weighted by Gasteiger charge is 2.13. The first kappa shape index (κ1) is 15.6. The fourth-order valence-electron chi connectivity index (χ4n) is 2.43. The third-order valence-corrected chi connectivity index (χ3v) is 4.68. The molecule has 0 aliphatic carbocycles. The predicted octanol–water partition coefficient (Wildman–Crippen LogP) is 3.94. The maximum atomic E-state index is 4.57. The second kappa shape index (κ2) is 6.52. The Bertz CT molecular complexity index is 1010. The average molecular weight is 348 g/mol. The molecule has 0 bridgehead atoms. The number of hydrogen-bond acceptors (Lipinski definition) is 6. The van der Waals surface area contributed by atoms with Crippen molar-refractivity contribution in [1.82, 2.24) is 29.8 Å². The Morgan fingerprint density at radius 2 is 1.88 bits per heavy atom. The molecule has 0 saturated heterocycles. The molecule has 4 aromatic rings. The lowest BCUT2D eigenvalue weighted by Gasteiger charge is -2.04. The van der Waals surface area contributed by atoms with Crippen molar-refractivity contribution in [3.63, 3.8) is 0 Å². The molecule has 0 aliphatic rings. The van der Waals surface area contributed by atoms with Crippen LogP contribution in [-0.2, 0) is 0 Å². The zero-order valence-electron chi connectivity index (χ0n) is 13.9. The molecule has 3 heterocycles. The number of fused-ring (bicyclic) bond motifs is 1. The van der Waals surface area contributed by atoms with Crippen LogP contribution >= 0.6 is 11.3 Å². The Balaban J connectivity index is 1.61. The van der Waals surface area contributed by atoms with Gasteiger partial charge in [0.05, 0.1) is 6.20 Å². The van der Waals surface area contributed by atoms with Crippen LogP contribution in [0.15, 0.2) is 42.9 Å². The van der Waals surface area contributed by atoms with Gasteiger partial charge in [0.1, 0.15) is 10.7 Å². The van der Waals surface area contributed by atoms with Crippen LogP contribution in [-0.4, -0.2) is 29.8 Å². The highest BCUT2D eigenvalue weighted by Crippen LogP contribution is 2.21. The van der Waals surface area contributed by atoms with Crippen LogP contribution in [0.25, 0.3) is 28.6 Å². The molecule has 0 saturated carbocycles. The summed E-state index contributed by atoms with van der Waals surface area (Å²) >= 11 is 1.48. The van der Waals surface area contributed by atoms with Gasteiger partial charge in [0.15, 0.2) is 0 Å². The fraction of sp³-hybridized carbons (Fsp3) is 0.167. The normalized spacial score (nSPS) is 11.8. The predicted molar refractivity (Wildman–Crippen MR) is 99.1 cm³/mol. The van der Waals surface area contributed by atoms with Crippen molar-refractivity contribution in [1.29, 1.82) is 0 Å². The molecule has 124 valence electrons. The maximum Gasteiger partial charge on any atom is 0.235 e. The van der Waals surface area contributed by atoms with Gasteiger partial charge in [-0.25, -0.2) is 4.98 Å². The highest BCUT2D eigenvalue weighted by molar-refractivity contribution is 7.17. The van der Waals surface area contributed by atoms with Crippen molar-refractivity contribution >= 4 is 28.4 Å². The lowest BCUT2D eigenvalue weighted by atomic mass is 10.0. The first-order valence-electron chi connectivity index (χ1n) is 7.97. The SMILES string of the molecule is CC(C)c1ccc(C=Cc2nn3c(-c4cnccn4)nnc3s2)cc1. The average Bonchev–Trinajstić information content (AvgIpc) is 3.21. The second-order valence-electron chi connectivity index (χ2n) is 5.90. The lowest BCUT2D eigenvalue weighted by Crippen LogP contribution is -1.93. The lowest BCUT2D eigenvalue weighted by molar-refractivity contribution is 0.866. The van der Waals surface area contributed by atoms with Gasteiger partial charge in [0, 0.05) is 12.4 Å². The van der Waals surface area contributed by atoms with E-state index in [1.165, 1.54) is 16.9 Å². The van der Waals surface area contributed by atoms with Crippen molar-refractivity contribution in [2.75, 3.05) is 0 Å². The molecule has 0 N–H and O–H groups in total. The van der Waals surface area contributed by atoms with Crippen LogP contribution in [0.2, 0.25) is 0 Å². The van der Waals surface area contributed by atoms with Gasteiger partial charge >= 0.3 is 0 Å². The van der Waals surface area contributed by atoms with Crippen LogP contribution in [0.3, 0.4) is 0 Å². The number of hydrogen-bond donors (Lipinski definition) is 0. The van der Waals surface area contributed by atoms with E-state index in [1.807, 2.05) is 6.08 Å². The van der Waals surface area contributed by atoms with Gasteiger partial charge in [0.2, 0.25) is 10.8 Å². The molecule has 7 heteroatoms. The van der Waals surface area contributed by atoms with E-state index in [-0.39, 0.29) is 0 Å². The van der Waals surface area contributed by atoms with Crippen molar-refractivity contribution in [3.05, 3.63) is 59.0 Å². The number of rotatable bonds is 4. The van der Waals surface area contributed by atoms with E-state index in [2.05, 4.69) is 69.5 Å². The molecule has 25 heavy (non-hydrogen) atoms. The second-order valence-corrected chi connectivity index (χ2v) is 6.89. The third kappa shape index (κ3) is 3.18. The van der Waals surface area contributed by atoms with Crippen LogP contribution in [0.1, 0.15) is 35.9 Å². The summed E-state index contributed by atoms with van der Waals surface area (Å²) in [5.74, 6) is 1.14. The van der Waals surface area contributed by atoms with E-state index >= 15 is 0 Å². The largest absolute Gasteiger partial charge is 0.261 e. The minimum absolute atomic E-state index is 0.539. The van der Waals surface area contributed by atoms with Crippen LogP contribution < -0.4 is 0 Å². The van der Waals surface area contributed by atoms with Gasteiger partial charge in [-0.1, -0.05) is 55.5 Å². The Morgan fingerprint density at radius 3 is 2.60 bits per heavy atom. The molecule has 0 unspecified atom stereocenters. The van der Waals surface area contributed by atoms with Gasteiger partial charge in [-0.05, 0) is 23.1 Å². The smallest absolute Gasteiger partial charge is 0.235 e. The standard InChI is InChI=1S/C18H16N6S/c1-12(2)14-6-3-13(4-7-14)5-8-16-23-24-17(21-22-18(24)25-16)15-11-19-9-10-20-15/h3-12H,1-2H3. The highest BCUT2D eigenvalue weighted by atomic mass is 32.1. The summed E-state index contributed by atoms with van der Waals surface area (Å²) in [6, 6.07) is 8.57. The molecular formula is C18H16N6S. The summed E-state index contributed by atoms with van der Waals surface area (Å²) in [5, 5.41) is 13.7. The van der Waals surface area contributed by atoms with E-state index in [1.54, 1.807) is 23.1 Å². The van der Waals surface area contributed by atoms with E-state index in [4.69, 9.17) is 0 Å². The Hall–Kier alpha value is -2.93. The van der Waals surface area contributed by atoms with Crippen molar-refractivity contribution < 1.29 is 0 Å². The number of aromatic nitrogens is 6. The molecule has 6 nitrogen and oxygen atoms in total. The summed E-state index contributed by atoms with van der Waals surface area (Å²) < 4.78 is 1.70. The molecule has 4 rings (SSSR count). The van der Waals surface area contributed by atoms with Crippen LogP contribution in [0.4, 0.5) is 0 Å². The van der Waals surface area contributed by atoms with Crippen molar-refractivity contribution in [3.8, 4) is 11.5 Å². The summed E-state index contributed by atoms with van der Waals surface area (Å²) in [6.45, 7) is 4.39. The first-order chi connectivity index (χ1) is 12.2. The van der Waals surface area contributed by atoms with E-state index in [0.717, 1.165) is 15.5 Å². The molecule has 1 aromatic carbocycles. The molecule has 3 aromatic heterocycles. The minimum atomic E-state index is 0.539. The van der Waals surface area contributed by atoms with Gasteiger partial charge in [-0.3, -0.25) is 4.98 Å². The first-order valence-corrected chi connectivity index (χ1v) is 8.79. The van der Waals surface area contributed by atoms with E-state index < -0.39 is 0 Å². The third-order valence-electron chi connectivity index (χ3n) is 3.82. The quantitative estimate of drug-likeness (QED) is 0.559. The van der Waals surface area contributed by atoms with Gasteiger partial charge in [-0.2, -0.15) is 9.61 Å². The minimum Gasteiger partial charge on any atom is -0.261 e. The van der Waals surface area contributed by atoms with Crippen molar-refractivity contribution in [2.24, 2.45) is 0 Å². The summed E-state index contributed by atoms with van der Waals surface area (Å²) in [7, 11) is 0. The molecule has 0 aliphatic heterocycles. The van der Waals surface area contributed by atoms with Gasteiger partial charge in [-0.15, -0.1) is 10.2 Å². The van der Waals surface area contributed by atoms with Gasteiger partial charge < -0.3 is 0 Å². The van der Waals surface area contributed by atoms with E-state index in [9.17, 15) is 0 Å². The molecule has 0 amide bonds. The molecule has 0 radical (unpaired) electrons. The Labute approximate surface area is 148 Å². The van der Waals surface area contributed by atoms with Crippen LogP contribution in [0.5, 0.6) is 0 Å². The monoisotopic (exact) mass is 348 g/mol.